The standard InChI is InChI=1S/C25H19BrClN3O5/c1-14-29-20-5-4-17(26)10-18(20)25(31)30(14)28-11-16-7-19(27)24(23(9-16)32-2)33-12-15-3-6-21-22(8-15)35-13-34-21/h3-11H,12-13H2,1-2H3. The summed E-state index contributed by atoms with van der Waals surface area (Å²) in [5, 5.41) is 5.16. The summed E-state index contributed by atoms with van der Waals surface area (Å²) in [7, 11) is 1.53. The molecule has 0 spiro atoms. The van der Waals surface area contributed by atoms with Gasteiger partial charge in [0.1, 0.15) is 12.4 Å². The van der Waals surface area contributed by atoms with Crippen molar-refractivity contribution in [3.63, 3.8) is 0 Å². The zero-order chi connectivity index (χ0) is 24.5. The topological polar surface area (TPSA) is 84.2 Å². The molecule has 8 nitrogen and oxygen atoms in total. The number of hydrogen-bond donors (Lipinski definition) is 0. The predicted molar refractivity (Wildman–Crippen MR) is 136 cm³/mol. The lowest BCUT2D eigenvalue weighted by Crippen LogP contribution is -2.20. The normalized spacial score (nSPS) is 12.5. The highest BCUT2D eigenvalue weighted by Crippen LogP contribution is 2.37. The first kappa shape index (κ1) is 23.2. The van der Waals surface area contributed by atoms with E-state index in [9.17, 15) is 4.79 Å². The summed E-state index contributed by atoms with van der Waals surface area (Å²) in [4.78, 5) is 17.4. The van der Waals surface area contributed by atoms with Gasteiger partial charge in [0.25, 0.3) is 5.56 Å². The zero-order valence-corrected chi connectivity index (χ0v) is 21.1. The molecular formula is C25H19BrClN3O5. The van der Waals surface area contributed by atoms with Gasteiger partial charge in [-0.25, -0.2) is 4.98 Å². The third kappa shape index (κ3) is 4.69. The van der Waals surface area contributed by atoms with Gasteiger partial charge in [0.2, 0.25) is 6.79 Å². The van der Waals surface area contributed by atoms with E-state index in [1.165, 1.54) is 18.0 Å². The van der Waals surface area contributed by atoms with Gasteiger partial charge in [-0.05, 0) is 60.5 Å². The third-order valence-corrected chi connectivity index (χ3v) is 6.14. The molecule has 35 heavy (non-hydrogen) atoms. The van der Waals surface area contributed by atoms with E-state index in [1.54, 1.807) is 31.2 Å². The van der Waals surface area contributed by atoms with Crippen LogP contribution in [0.1, 0.15) is 17.0 Å². The predicted octanol–water partition coefficient (Wildman–Crippen LogP) is 5.32. The summed E-state index contributed by atoms with van der Waals surface area (Å²) in [6, 6.07) is 14.4. The second-order valence-corrected chi connectivity index (χ2v) is 9.02. The molecule has 1 aromatic heterocycles. The van der Waals surface area contributed by atoms with E-state index in [1.807, 2.05) is 24.3 Å². The van der Waals surface area contributed by atoms with Crippen LogP contribution in [0, 0.1) is 6.92 Å². The molecule has 0 atom stereocenters. The number of nitrogens with zero attached hydrogens (tertiary/aromatic N) is 3. The van der Waals surface area contributed by atoms with Crippen molar-refractivity contribution in [2.24, 2.45) is 5.10 Å². The Morgan fingerprint density at radius 3 is 2.83 bits per heavy atom. The van der Waals surface area contributed by atoms with Gasteiger partial charge in [-0.15, -0.1) is 0 Å². The summed E-state index contributed by atoms with van der Waals surface area (Å²) >= 11 is 9.91. The van der Waals surface area contributed by atoms with Crippen molar-refractivity contribution in [1.29, 1.82) is 0 Å². The molecule has 178 valence electrons. The number of aryl methyl sites for hydroxylation is 1. The summed E-state index contributed by atoms with van der Waals surface area (Å²) in [5.74, 6) is 2.68. The van der Waals surface area contributed by atoms with Crippen molar-refractivity contribution < 1.29 is 18.9 Å². The lowest BCUT2D eigenvalue weighted by atomic mass is 10.2. The first-order valence-corrected chi connectivity index (χ1v) is 11.7. The molecule has 0 radical (unpaired) electrons. The molecule has 5 rings (SSSR count). The van der Waals surface area contributed by atoms with Gasteiger partial charge in [0, 0.05) is 4.47 Å². The minimum absolute atomic E-state index is 0.209. The van der Waals surface area contributed by atoms with Gasteiger partial charge >= 0.3 is 0 Å². The molecule has 0 amide bonds. The third-order valence-electron chi connectivity index (χ3n) is 5.36. The molecule has 0 bridgehead atoms. The van der Waals surface area contributed by atoms with Gasteiger partial charge in [-0.2, -0.15) is 9.78 Å². The Hall–Kier alpha value is -3.56. The highest BCUT2D eigenvalue weighted by Gasteiger charge is 2.16. The van der Waals surface area contributed by atoms with Crippen molar-refractivity contribution in [3.05, 3.63) is 85.3 Å². The lowest BCUT2D eigenvalue weighted by Gasteiger charge is -2.13. The molecule has 1 aliphatic heterocycles. The van der Waals surface area contributed by atoms with E-state index in [2.05, 4.69) is 26.0 Å². The summed E-state index contributed by atoms with van der Waals surface area (Å²) in [6.45, 7) is 2.19. The van der Waals surface area contributed by atoms with Crippen molar-refractivity contribution in [2.75, 3.05) is 13.9 Å². The van der Waals surface area contributed by atoms with Crippen molar-refractivity contribution in [1.82, 2.24) is 9.66 Å². The molecule has 0 unspecified atom stereocenters. The largest absolute Gasteiger partial charge is 0.493 e. The fraction of sp³-hybridized carbons (Fsp3) is 0.160. The van der Waals surface area contributed by atoms with Crippen LogP contribution < -0.4 is 24.5 Å². The summed E-state index contributed by atoms with van der Waals surface area (Å²) in [6.07, 6.45) is 1.52. The number of aromatic nitrogens is 2. The minimum atomic E-state index is -0.271. The van der Waals surface area contributed by atoms with E-state index < -0.39 is 0 Å². The molecule has 0 saturated carbocycles. The van der Waals surface area contributed by atoms with Crippen LogP contribution in [-0.2, 0) is 6.61 Å². The number of ether oxygens (including phenoxy) is 4. The molecule has 0 saturated heterocycles. The van der Waals surface area contributed by atoms with Gasteiger partial charge in [0.05, 0.1) is 29.2 Å². The van der Waals surface area contributed by atoms with Crippen LogP contribution in [0.5, 0.6) is 23.0 Å². The van der Waals surface area contributed by atoms with Crippen LogP contribution in [0.3, 0.4) is 0 Å². The maximum Gasteiger partial charge on any atom is 0.282 e. The van der Waals surface area contributed by atoms with Crippen LogP contribution in [0.4, 0.5) is 0 Å². The van der Waals surface area contributed by atoms with Gasteiger partial charge in [-0.3, -0.25) is 4.79 Å². The second-order valence-electron chi connectivity index (χ2n) is 7.69. The Balaban J connectivity index is 1.41. The molecular weight excluding hydrogens is 538 g/mol. The number of methoxy groups -OCH3 is 1. The van der Waals surface area contributed by atoms with E-state index >= 15 is 0 Å². The Morgan fingerprint density at radius 2 is 2.00 bits per heavy atom. The SMILES string of the molecule is COc1cc(C=Nn2c(C)nc3ccc(Br)cc3c2=O)cc(Cl)c1OCc1ccc2c(c1)OCO2. The average molecular weight is 557 g/mol. The fourth-order valence-electron chi connectivity index (χ4n) is 3.66. The van der Waals surface area contributed by atoms with Gasteiger partial charge < -0.3 is 18.9 Å². The Morgan fingerprint density at radius 1 is 1.17 bits per heavy atom. The van der Waals surface area contributed by atoms with Crippen molar-refractivity contribution in [2.45, 2.75) is 13.5 Å². The molecule has 2 heterocycles. The minimum Gasteiger partial charge on any atom is -0.493 e. The summed E-state index contributed by atoms with van der Waals surface area (Å²) < 4.78 is 24.2. The van der Waals surface area contributed by atoms with Crippen molar-refractivity contribution in [3.8, 4) is 23.0 Å². The second kappa shape index (κ2) is 9.59. The monoisotopic (exact) mass is 555 g/mol. The average Bonchev–Trinajstić information content (AvgIpc) is 3.31. The van der Waals surface area contributed by atoms with Crippen molar-refractivity contribution >= 4 is 44.6 Å². The number of benzene rings is 3. The van der Waals surface area contributed by atoms with Gasteiger partial charge in [0.15, 0.2) is 23.0 Å². The van der Waals surface area contributed by atoms with E-state index in [0.29, 0.717) is 50.3 Å². The van der Waals surface area contributed by atoms with Crippen LogP contribution in [0.15, 0.2) is 62.9 Å². The maximum atomic E-state index is 13.0. The lowest BCUT2D eigenvalue weighted by molar-refractivity contribution is 0.174. The Bertz CT molecular complexity index is 1540. The Kier molecular flexibility index (Phi) is 6.36. The van der Waals surface area contributed by atoms with Crippen LogP contribution >= 0.6 is 27.5 Å². The quantitative estimate of drug-likeness (QED) is 0.299. The number of hydrogen-bond acceptors (Lipinski definition) is 7. The molecule has 3 aromatic carbocycles. The Labute approximate surface area is 213 Å². The number of fused-ring (bicyclic) bond motifs is 2. The molecule has 0 fully saturated rings. The first-order chi connectivity index (χ1) is 16.9. The van der Waals surface area contributed by atoms with Crippen LogP contribution in [0.25, 0.3) is 10.9 Å². The fourth-order valence-corrected chi connectivity index (χ4v) is 4.30. The van der Waals surface area contributed by atoms with Crippen LogP contribution in [0.2, 0.25) is 5.02 Å². The molecule has 0 aliphatic carbocycles. The van der Waals surface area contributed by atoms with E-state index in [0.717, 1.165) is 10.0 Å². The molecule has 4 aromatic rings. The summed E-state index contributed by atoms with van der Waals surface area (Å²) in [5.41, 5.74) is 1.86. The number of rotatable bonds is 6. The molecule has 0 N–H and O–H groups in total. The maximum absolute atomic E-state index is 13.0. The van der Waals surface area contributed by atoms with E-state index in [4.69, 9.17) is 30.5 Å². The highest BCUT2D eigenvalue weighted by atomic mass is 79.9. The van der Waals surface area contributed by atoms with E-state index in [-0.39, 0.29) is 19.0 Å². The highest BCUT2D eigenvalue weighted by molar-refractivity contribution is 9.10. The molecule has 1 aliphatic rings. The van der Waals surface area contributed by atoms with Gasteiger partial charge in [-0.1, -0.05) is 33.6 Å². The zero-order valence-electron chi connectivity index (χ0n) is 18.7. The number of halogens is 2. The smallest absolute Gasteiger partial charge is 0.282 e. The van der Waals surface area contributed by atoms with Crippen LogP contribution in [-0.4, -0.2) is 29.8 Å². The first-order valence-electron chi connectivity index (χ1n) is 10.5. The molecule has 10 heteroatoms.